The second-order valence-corrected chi connectivity index (χ2v) is 4.93. The minimum absolute atomic E-state index is 0.0329. The van der Waals surface area contributed by atoms with Gasteiger partial charge in [0.05, 0.1) is 0 Å². The van der Waals surface area contributed by atoms with Crippen LogP contribution in [-0.2, 0) is 0 Å². The second-order valence-electron chi connectivity index (χ2n) is 4.93. The van der Waals surface area contributed by atoms with Crippen LogP contribution in [0.15, 0.2) is 0 Å². The molecule has 21 heavy (non-hydrogen) atoms. The molecule has 0 bridgehead atoms. The number of hydrogen-bond donors (Lipinski definition) is 11. The Bertz CT molecular complexity index is 341. The topological polar surface area (TPSA) is 223 Å². The Kier molecular flexibility index (Phi) is 5.86. The highest BCUT2D eigenvalue weighted by atomic mass is 16.8. The molecule has 0 amide bonds. The minimum atomic E-state index is -4.77. The zero-order chi connectivity index (χ0) is 17.3. The van der Waals surface area contributed by atoms with Crippen molar-refractivity contribution in [3.63, 3.8) is 0 Å². The van der Waals surface area contributed by atoms with Gasteiger partial charge in [-0.3, -0.25) is 0 Å². The fourth-order valence-electron chi connectivity index (χ4n) is 1.55. The maximum atomic E-state index is 9.50. The van der Waals surface area contributed by atoms with Gasteiger partial charge in [-0.2, -0.15) is 0 Å². The van der Waals surface area contributed by atoms with E-state index in [0.717, 1.165) is 0 Å². The van der Waals surface area contributed by atoms with Gasteiger partial charge in [-0.25, -0.2) is 0 Å². The molecule has 0 aromatic rings. The van der Waals surface area contributed by atoms with Crippen molar-refractivity contribution in [2.24, 2.45) is 0 Å². The SMILES string of the molecule is CCCCCC(O)(O)C(O)(O)C(O)(O)C(O)(O)C(O)(O)O. The summed E-state index contributed by atoms with van der Waals surface area (Å²) in [6.45, 7) is 1.73. The van der Waals surface area contributed by atoms with E-state index in [9.17, 15) is 30.6 Å². The average molecular weight is 318 g/mol. The molecule has 128 valence electrons. The predicted molar refractivity (Wildman–Crippen MR) is 62.2 cm³/mol. The minimum Gasteiger partial charge on any atom is -0.361 e. The van der Waals surface area contributed by atoms with Gasteiger partial charge in [0, 0.05) is 6.42 Å². The molecule has 0 aromatic carbocycles. The Morgan fingerprint density at radius 3 is 1.33 bits per heavy atom. The summed E-state index contributed by atoms with van der Waals surface area (Å²) < 4.78 is 0. The van der Waals surface area contributed by atoms with Crippen molar-refractivity contribution < 1.29 is 56.2 Å². The van der Waals surface area contributed by atoms with Gasteiger partial charge in [0.15, 0.2) is 0 Å². The third-order valence-corrected chi connectivity index (χ3v) is 3.13. The standard InChI is InChI=1S/C10H22O11/c1-2-3-4-5-6(11,12)7(13,14)8(15,16)9(17,18)10(19,20)21/h11-21H,2-5H2,1H3. The van der Waals surface area contributed by atoms with Crippen molar-refractivity contribution in [2.45, 2.75) is 61.7 Å². The molecular weight excluding hydrogens is 296 g/mol. The summed E-state index contributed by atoms with van der Waals surface area (Å²) in [5.74, 6) is -22.3. The van der Waals surface area contributed by atoms with Crippen molar-refractivity contribution in [2.75, 3.05) is 0 Å². The summed E-state index contributed by atoms with van der Waals surface area (Å²) in [6.07, 6.45) is 0.0906. The summed E-state index contributed by atoms with van der Waals surface area (Å²) in [5.41, 5.74) is 0. The van der Waals surface area contributed by atoms with Gasteiger partial charge < -0.3 is 56.2 Å². The molecule has 0 aliphatic heterocycles. The van der Waals surface area contributed by atoms with Crippen molar-refractivity contribution in [3.05, 3.63) is 0 Å². The van der Waals surface area contributed by atoms with Gasteiger partial charge in [-0.1, -0.05) is 19.8 Å². The third-order valence-electron chi connectivity index (χ3n) is 3.13. The van der Waals surface area contributed by atoms with E-state index in [1.165, 1.54) is 0 Å². The highest BCUT2D eigenvalue weighted by molar-refractivity contribution is 5.02. The van der Waals surface area contributed by atoms with Crippen molar-refractivity contribution in [1.29, 1.82) is 0 Å². The van der Waals surface area contributed by atoms with E-state index >= 15 is 0 Å². The van der Waals surface area contributed by atoms with E-state index in [1.807, 2.05) is 0 Å². The molecule has 0 aromatic heterocycles. The molecule has 11 nitrogen and oxygen atoms in total. The van der Waals surface area contributed by atoms with Crippen LogP contribution in [0.1, 0.15) is 32.6 Å². The molecule has 11 N–H and O–H groups in total. The average Bonchev–Trinajstić information content (AvgIpc) is 2.26. The summed E-state index contributed by atoms with van der Waals surface area (Å²) in [5, 5.41) is 101. The van der Waals surface area contributed by atoms with E-state index in [2.05, 4.69) is 0 Å². The largest absolute Gasteiger partial charge is 0.361 e. The van der Waals surface area contributed by atoms with Crippen molar-refractivity contribution >= 4 is 0 Å². The lowest BCUT2D eigenvalue weighted by molar-refractivity contribution is -0.565. The quantitative estimate of drug-likeness (QED) is 0.150. The van der Waals surface area contributed by atoms with Gasteiger partial charge in [0.25, 0.3) is 11.6 Å². The maximum Gasteiger partial charge on any atom is 0.338 e. The molecule has 0 aliphatic rings. The Balaban J connectivity index is 5.55. The van der Waals surface area contributed by atoms with E-state index in [0.29, 0.717) is 12.8 Å². The molecule has 0 radical (unpaired) electrons. The molecule has 0 rings (SSSR count). The maximum absolute atomic E-state index is 9.50. The highest BCUT2D eigenvalue weighted by Gasteiger charge is 2.75. The van der Waals surface area contributed by atoms with E-state index in [1.54, 1.807) is 6.92 Å². The normalized spacial score (nSPS) is 15.4. The van der Waals surface area contributed by atoms with Gasteiger partial charge in [0.2, 0.25) is 5.79 Å². The Morgan fingerprint density at radius 1 is 0.571 bits per heavy atom. The van der Waals surface area contributed by atoms with Crippen LogP contribution in [0.2, 0.25) is 0 Å². The van der Waals surface area contributed by atoms with Crippen LogP contribution in [0, 0.1) is 0 Å². The van der Waals surface area contributed by atoms with E-state index < -0.39 is 35.5 Å². The Morgan fingerprint density at radius 2 is 1.00 bits per heavy atom. The first-order valence-corrected chi connectivity index (χ1v) is 6.02. The zero-order valence-electron chi connectivity index (χ0n) is 11.2. The van der Waals surface area contributed by atoms with E-state index in [-0.39, 0.29) is 6.42 Å². The molecule has 0 heterocycles. The van der Waals surface area contributed by atoms with Crippen LogP contribution >= 0.6 is 0 Å². The zero-order valence-corrected chi connectivity index (χ0v) is 11.2. The molecule has 0 aliphatic carbocycles. The van der Waals surface area contributed by atoms with Crippen molar-refractivity contribution in [3.8, 4) is 0 Å². The van der Waals surface area contributed by atoms with Crippen molar-refractivity contribution in [1.82, 2.24) is 0 Å². The lowest BCUT2D eigenvalue weighted by atomic mass is 9.85. The van der Waals surface area contributed by atoms with Gasteiger partial charge >= 0.3 is 11.8 Å². The Labute approximate surface area is 119 Å². The van der Waals surface area contributed by atoms with Crippen LogP contribution in [0.3, 0.4) is 0 Å². The van der Waals surface area contributed by atoms with E-state index in [4.69, 9.17) is 25.5 Å². The summed E-state index contributed by atoms with van der Waals surface area (Å²) in [4.78, 5) is 0. The molecule has 0 spiro atoms. The first kappa shape index (κ1) is 20.6. The molecule has 0 unspecified atom stereocenters. The van der Waals surface area contributed by atoms with Crippen LogP contribution < -0.4 is 0 Å². The Hall–Kier alpha value is -0.440. The van der Waals surface area contributed by atoms with Gasteiger partial charge in [0.1, 0.15) is 0 Å². The van der Waals surface area contributed by atoms with Gasteiger partial charge in [-0.05, 0) is 6.42 Å². The highest BCUT2D eigenvalue weighted by Crippen LogP contribution is 2.39. The monoisotopic (exact) mass is 318 g/mol. The summed E-state index contributed by atoms with van der Waals surface area (Å²) >= 11 is 0. The number of aliphatic hydroxyl groups is 11. The van der Waals surface area contributed by atoms with Gasteiger partial charge in [-0.15, -0.1) is 0 Å². The van der Waals surface area contributed by atoms with Crippen LogP contribution in [0.25, 0.3) is 0 Å². The first-order chi connectivity index (χ1) is 9.06. The third kappa shape index (κ3) is 3.49. The summed E-state index contributed by atoms with van der Waals surface area (Å²) in [7, 11) is 0. The fourth-order valence-corrected chi connectivity index (χ4v) is 1.55. The van der Waals surface area contributed by atoms with Crippen LogP contribution in [0.5, 0.6) is 0 Å². The predicted octanol–water partition coefficient (Wildman–Crippen LogP) is -5.08. The molecular formula is C10H22O11. The number of rotatable bonds is 8. The molecule has 0 atom stereocenters. The number of hydrogen-bond acceptors (Lipinski definition) is 11. The molecule has 0 fully saturated rings. The fraction of sp³-hybridized carbons (Fsp3) is 1.00. The lowest BCUT2D eigenvalue weighted by Crippen LogP contribution is -2.81. The molecule has 0 saturated carbocycles. The first-order valence-electron chi connectivity index (χ1n) is 6.02. The second kappa shape index (κ2) is 5.98. The summed E-state index contributed by atoms with van der Waals surface area (Å²) in [6, 6.07) is 0. The molecule has 11 heteroatoms. The molecule has 0 saturated heterocycles. The van der Waals surface area contributed by atoms with Crippen LogP contribution in [-0.4, -0.2) is 85.3 Å². The number of unbranched alkanes of at least 4 members (excludes halogenated alkanes) is 2. The van der Waals surface area contributed by atoms with Crippen LogP contribution in [0.4, 0.5) is 0 Å². The smallest absolute Gasteiger partial charge is 0.338 e. The lowest BCUT2D eigenvalue weighted by Gasteiger charge is -2.48.